The molecule has 0 saturated carbocycles. The van der Waals surface area contributed by atoms with Gasteiger partial charge in [-0.05, 0) is 46.1 Å². The van der Waals surface area contributed by atoms with Gasteiger partial charge in [-0.25, -0.2) is 9.59 Å². The number of esters is 1. The molecule has 0 aromatic carbocycles. The number of halogens is 3. The first-order chi connectivity index (χ1) is 19.9. The Labute approximate surface area is 245 Å². The van der Waals surface area contributed by atoms with E-state index in [1.807, 2.05) is 0 Å². The fraction of sp³-hybridized carbons (Fsp3) is 0.640. The van der Waals surface area contributed by atoms with E-state index < -0.39 is 65.9 Å². The number of carbonyl (C=O) groups excluding carboxylic acids is 6. The van der Waals surface area contributed by atoms with E-state index in [1.165, 1.54) is 24.8 Å². The van der Waals surface area contributed by atoms with Gasteiger partial charge in [0.1, 0.15) is 18.1 Å². The summed E-state index contributed by atoms with van der Waals surface area (Å²) in [4.78, 5) is 83.1. The second-order valence-electron chi connectivity index (χ2n) is 9.27. The third-order valence-corrected chi connectivity index (χ3v) is 5.82. The zero-order valence-corrected chi connectivity index (χ0v) is 24.1. The van der Waals surface area contributed by atoms with Crippen molar-refractivity contribution >= 4 is 41.5 Å². The van der Waals surface area contributed by atoms with Crippen LogP contribution in [0.1, 0.15) is 52.9 Å². The summed E-state index contributed by atoms with van der Waals surface area (Å²) in [6.07, 6.45) is -1.19. The van der Waals surface area contributed by atoms with E-state index in [4.69, 9.17) is 26.1 Å². The summed E-state index contributed by atoms with van der Waals surface area (Å²) in [5, 5.41) is 14.9. The van der Waals surface area contributed by atoms with Crippen molar-refractivity contribution in [1.82, 2.24) is 20.9 Å². The summed E-state index contributed by atoms with van der Waals surface area (Å²) in [7, 11) is 0. The molecule has 0 aromatic heterocycles. The van der Waals surface area contributed by atoms with Crippen LogP contribution in [0.2, 0.25) is 0 Å². The Morgan fingerprint density at radius 3 is 2.16 bits per heavy atom. The van der Waals surface area contributed by atoms with E-state index in [2.05, 4.69) is 16.0 Å². The zero-order valence-electron chi connectivity index (χ0n) is 24.1. The predicted molar refractivity (Wildman–Crippen MR) is 143 cm³/mol. The number of hydrogen-bond donors (Lipinski definition) is 6. The van der Waals surface area contributed by atoms with Crippen molar-refractivity contribution in [3.63, 3.8) is 0 Å². The number of nitrogens with one attached hydrogen (secondary N) is 3. The third kappa shape index (κ3) is 15.5. The molecule has 18 heteroatoms. The summed E-state index contributed by atoms with van der Waals surface area (Å²) in [5.41, 5.74) is 10.8. The molecule has 0 unspecified atom stereocenters. The number of amides is 5. The maximum atomic E-state index is 12.9. The van der Waals surface area contributed by atoms with Crippen molar-refractivity contribution in [2.45, 2.75) is 83.2 Å². The summed E-state index contributed by atoms with van der Waals surface area (Å²) in [6, 6.07) is -3.38. The van der Waals surface area contributed by atoms with Gasteiger partial charge in [0.25, 0.3) is 0 Å². The standard InChI is InChI=1S/C23H38N6O7.C2HF3O2/c1-4-36-20(32)10-8-16(7-9-19(25)31)27-22(34)17(11-12-24)28-21(33)14(2)26-23(35)18-6-5-13-29(18)15(3)30;3-2(4,5)1(6)7/h8,10,14,16-18H,4-7,9,11-13,24H2,1-3H3,(H2,25,31)(H,26,35)(H,27,34)(H,28,33);(H,6,7)/b10-8+;/t14-,16-,17-,18-;/m0./s1. The molecule has 0 aromatic rings. The number of carbonyl (C=O) groups is 7. The second-order valence-corrected chi connectivity index (χ2v) is 9.27. The smallest absolute Gasteiger partial charge is 0.475 e. The normalized spacial score (nSPS) is 16.6. The van der Waals surface area contributed by atoms with Crippen molar-refractivity contribution < 1.29 is 56.6 Å². The lowest BCUT2D eigenvalue weighted by Gasteiger charge is -2.25. The Morgan fingerprint density at radius 1 is 1.07 bits per heavy atom. The number of hydrogen-bond acceptors (Lipinski definition) is 9. The molecule has 0 aliphatic carbocycles. The lowest BCUT2D eigenvalue weighted by Crippen LogP contribution is -2.56. The Bertz CT molecular complexity index is 1040. The second kappa shape index (κ2) is 19.1. The van der Waals surface area contributed by atoms with Crippen LogP contribution in [-0.2, 0) is 38.3 Å². The molecule has 244 valence electrons. The molecular weight excluding hydrogens is 585 g/mol. The highest BCUT2D eigenvalue weighted by Crippen LogP contribution is 2.17. The number of carboxylic acids is 1. The van der Waals surface area contributed by atoms with Gasteiger partial charge in [0, 0.05) is 32.0 Å². The van der Waals surface area contributed by atoms with Crippen molar-refractivity contribution in [1.29, 1.82) is 0 Å². The van der Waals surface area contributed by atoms with Gasteiger partial charge < -0.3 is 42.2 Å². The Morgan fingerprint density at radius 2 is 1.67 bits per heavy atom. The fourth-order valence-electron chi connectivity index (χ4n) is 3.71. The Balaban J connectivity index is 0.00000223. The molecule has 15 nitrogen and oxygen atoms in total. The molecule has 8 N–H and O–H groups in total. The lowest BCUT2D eigenvalue weighted by atomic mass is 10.1. The molecule has 0 radical (unpaired) electrons. The lowest BCUT2D eigenvalue weighted by molar-refractivity contribution is -0.192. The molecule has 1 heterocycles. The number of nitrogens with zero attached hydrogens (tertiary/aromatic N) is 1. The van der Waals surface area contributed by atoms with Gasteiger partial charge in [0.2, 0.25) is 29.5 Å². The van der Waals surface area contributed by atoms with Gasteiger partial charge >= 0.3 is 18.1 Å². The molecule has 4 atom stereocenters. The molecule has 1 rings (SSSR count). The Hall–Kier alpha value is -4.22. The highest BCUT2D eigenvalue weighted by Gasteiger charge is 2.38. The number of rotatable bonds is 14. The average molecular weight is 625 g/mol. The van der Waals surface area contributed by atoms with Gasteiger partial charge in [-0.15, -0.1) is 0 Å². The van der Waals surface area contributed by atoms with E-state index in [9.17, 15) is 41.9 Å². The van der Waals surface area contributed by atoms with Gasteiger partial charge in [-0.3, -0.25) is 24.0 Å². The van der Waals surface area contributed by atoms with Gasteiger partial charge in [-0.1, -0.05) is 6.08 Å². The minimum absolute atomic E-state index is 0.0481. The van der Waals surface area contributed by atoms with E-state index in [0.717, 1.165) is 6.08 Å². The van der Waals surface area contributed by atoms with E-state index >= 15 is 0 Å². The summed E-state index contributed by atoms with van der Waals surface area (Å²) in [6.45, 7) is 5.24. The largest absolute Gasteiger partial charge is 0.490 e. The first kappa shape index (κ1) is 38.8. The van der Waals surface area contributed by atoms with Crippen LogP contribution in [0.15, 0.2) is 12.2 Å². The van der Waals surface area contributed by atoms with E-state index in [-0.39, 0.29) is 38.3 Å². The number of carboxylic acid groups (broad SMARTS) is 1. The maximum absolute atomic E-state index is 12.9. The summed E-state index contributed by atoms with van der Waals surface area (Å²) >= 11 is 0. The fourth-order valence-corrected chi connectivity index (χ4v) is 3.71. The summed E-state index contributed by atoms with van der Waals surface area (Å²) in [5.74, 6) is -5.81. The molecule has 0 bridgehead atoms. The van der Waals surface area contributed by atoms with Gasteiger partial charge in [0.15, 0.2) is 0 Å². The van der Waals surface area contributed by atoms with Gasteiger partial charge in [0.05, 0.1) is 6.61 Å². The number of aliphatic carboxylic acids is 1. The number of likely N-dealkylation sites (tertiary alicyclic amines) is 1. The maximum Gasteiger partial charge on any atom is 0.490 e. The minimum atomic E-state index is -5.08. The van der Waals surface area contributed by atoms with Crippen molar-refractivity contribution in [2.75, 3.05) is 19.7 Å². The monoisotopic (exact) mass is 624 g/mol. The quantitative estimate of drug-likeness (QED) is 0.100. The van der Waals surface area contributed by atoms with Crippen molar-refractivity contribution in [3.8, 4) is 0 Å². The van der Waals surface area contributed by atoms with Gasteiger partial charge in [-0.2, -0.15) is 13.2 Å². The number of ether oxygens (including phenoxy) is 1. The predicted octanol–water partition coefficient (Wildman–Crippen LogP) is -1.16. The SMILES string of the molecule is CCOC(=O)/C=C/[C@H](CCC(N)=O)NC(=O)[C@H](CCN)NC(=O)[C@H](C)NC(=O)[C@@H]1CCCN1C(C)=O.O=C(O)C(F)(F)F. The summed E-state index contributed by atoms with van der Waals surface area (Å²) < 4.78 is 36.6. The molecule has 43 heavy (non-hydrogen) atoms. The van der Waals surface area contributed by atoms with E-state index in [1.54, 1.807) is 6.92 Å². The molecule has 1 fully saturated rings. The first-order valence-electron chi connectivity index (χ1n) is 13.3. The van der Waals surface area contributed by atoms with Crippen LogP contribution in [0.25, 0.3) is 0 Å². The topological polar surface area (TPSA) is 240 Å². The Kier molecular flexibility index (Phi) is 17.2. The zero-order chi connectivity index (χ0) is 33.3. The number of primary amides is 1. The molecule has 1 aliphatic heterocycles. The molecule has 0 spiro atoms. The molecular formula is C25H39F3N6O9. The van der Waals surface area contributed by atoms with Crippen LogP contribution < -0.4 is 27.4 Å². The minimum Gasteiger partial charge on any atom is -0.475 e. The molecule has 1 saturated heterocycles. The van der Waals surface area contributed by atoms with Crippen molar-refractivity contribution in [3.05, 3.63) is 12.2 Å². The van der Waals surface area contributed by atoms with Crippen molar-refractivity contribution in [2.24, 2.45) is 11.5 Å². The van der Waals surface area contributed by atoms with Crippen LogP contribution in [-0.4, -0.2) is 102 Å². The van der Waals surface area contributed by atoms with Crippen LogP contribution >= 0.6 is 0 Å². The number of alkyl halides is 3. The third-order valence-electron chi connectivity index (χ3n) is 5.82. The van der Waals surface area contributed by atoms with E-state index in [0.29, 0.717) is 19.4 Å². The van der Waals surface area contributed by atoms with Crippen LogP contribution in [0.3, 0.4) is 0 Å². The van der Waals surface area contributed by atoms with Crippen LogP contribution in [0.5, 0.6) is 0 Å². The molecule has 5 amide bonds. The van der Waals surface area contributed by atoms with Crippen LogP contribution in [0, 0.1) is 0 Å². The highest BCUT2D eigenvalue weighted by molar-refractivity contribution is 5.94. The number of nitrogens with two attached hydrogens (primary N) is 2. The molecule has 1 aliphatic rings. The highest BCUT2D eigenvalue weighted by atomic mass is 19.4. The average Bonchev–Trinajstić information content (AvgIpc) is 3.40. The first-order valence-corrected chi connectivity index (χ1v) is 13.3. The van der Waals surface area contributed by atoms with Crippen LogP contribution in [0.4, 0.5) is 13.2 Å².